The smallest absolute Gasteiger partial charge is 0.193 e. The molecule has 1 atom stereocenters. The molecule has 0 bridgehead atoms. The molecule has 1 saturated heterocycles. The van der Waals surface area contributed by atoms with Gasteiger partial charge in [0.25, 0.3) is 0 Å². The van der Waals surface area contributed by atoms with Crippen molar-refractivity contribution in [1.82, 2.24) is 25.0 Å². The summed E-state index contributed by atoms with van der Waals surface area (Å²) < 4.78 is 1.77. The summed E-state index contributed by atoms with van der Waals surface area (Å²) in [5.41, 5.74) is 1.15. The first-order chi connectivity index (χ1) is 14.3. The summed E-state index contributed by atoms with van der Waals surface area (Å²) in [6.07, 6.45) is 6.69. The molecule has 1 aromatic carbocycles. The van der Waals surface area contributed by atoms with Crippen LogP contribution >= 0.6 is 11.8 Å². The van der Waals surface area contributed by atoms with E-state index in [1.165, 1.54) is 11.3 Å². The van der Waals surface area contributed by atoms with Crippen LogP contribution in [0.5, 0.6) is 0 Å². The molecule has 7 heteroatoms. The minimum atomic E-state index is 0.686. The highest BCUT2D eigenvalue weighted by Gasteiger charge is 2.24. The summed E-state index contributed by atoms with van der Waals surface area (Å²) in [6, 6.07) is 16.6. The van der Waals surface area contributed by atoms with Gasteiger partial charge in [0.1, 0.15) is 0 Å². The van der Waals surface area contributed by atoms with Crippen molar-refractivity contribution in [2.24, 2.45) is 10.9 Å². The molecule has 0 aliphatic carbocycles. The van der Waals surface area contributed by atoms with Crippen LogP contribution in [-0.2, 0) is 6.54 Å². The first kappa shape index (κ1) is 19.5. The van der Waals surface area contributed by atoms with Crippen LogP contribution in [-0.4, -0.2) is 51.5 Å². The molecule has 4 rings (SSSR count). The highest BCUT2D eigenvalue weighted by Crippen LogP contribution is 2.25. The summed E-state index contributed by atoms with van der Waals surface area (Å²) >= 11 is 1.95. The van der Waals surface area contributed by atoms with Crippen molar-refractivity contribution in [3.05, 3.63) is 72.7 Å². The zero-order chi connectivity index (χ0) is 19.9. The highest BCUT2D eigenvalue weighted by atomic mass is 32.2. The molecule has 29 heavy (non-hydrogen) atoms. The Morgan fingerprint density at radius 2 is 2.10 bits per heavy atom. The summed E-state index contributed by atoms with van der Waals surface area (Å²) in [7, 11) is 1.86. The largest absolute Gasteiger partial charge is 0.352 e. The lowest BCUT2D eigenvalue weighted by atomic mass is 10.2. The van der Waals surface area contributed by atoms with Gasteiger partial charge in [0.15, 0.2) is 11.8 Å². The van der Waals surface area contributed by atoms with Crippen LogP contribution in [0.25, 0.3) is 5.82 Å². The van der Waals surface area contributed by atoms with Gasteiger partial charge in [0, 0.05) is 55.9 Å². The van der Waals surface area contributed by atoms with Crippen LogP contribution in [0, 0.1) is 5.92 Å². The summed E-state index contributed by atoms with van der Waals surface area (Å²) in [6.45, 7) is 2.81. The second-order valence-electron chi connectivity index (χ2n) is 7.10. The second kappa shape index (κ2) is 9.60. The van der Waals surface area contributed by atoms with E-state index >= 15 is 0 Å². The Morgan fingerprint density at radius 1 is 1.21 bits per heavy atom. The number of rotatable bonds is 6. The van der Waals surface area contributed by atoms with Gasteiger partial charge < -0.3 is 10.2 Å². The number of aliphatic imine (C=N–C) groups is 1. The van der Waals surface area contributed by atoms with Gasteiger partial charge in [0.2, 0.25) is 0 Å². The van der Waals surface area contributed by atoms with Crippen LogP contribution in [0.3, 0.4) is 0 Å². The average molecular weight is 407 g/mol. The molecule has 1 N–H and O–H groups in total. The number of likely N-dealkylation sites (tertiary alicyclic amines) is 1. The fraction of sp³-hybridized carbons (Fsp3) is 0.318. The van der Waals surface area contributed by atoms with Crippen LogP contribution in [0.4, 0.5) is 0 Å². The van der Waals surface area contributed by atoms with E-state index in [0.717, 1.165) is 36.2 Å². The average Bonchev–Trinajstić information content (AvgIpc) is 3.46. The van der Waals surface area contributed by atoms with Crippen molar-refractivity contribution in [3.8, 4) is 5.82 Å². The number of pyridine rings is 1. The molecule has 6 nitrogen and oxygen atoms in total. The van der Waals surface area contributed by atoms with Crippen LogP contribution < -0.4 is 5.32 Å². The maximum Gasteiger partial charge on any atom is 0.193 e. The fourth-order valence-electron chi connectivity index (χ4n) is 3.51. The number of hydrogen-bond acceptors (Lipinski definition) is 4. The number of aromatic nitrogens is 3. The predicted octanol–water partition coefficient (Wildman–Crippen LogP) is 3.46. The molecule has 150 valence electrons. The number of hydrogen-bond donors (Lipinski definition) is 1. The third kappa shape index (κ3) is 5.17. The molecular formula is C22H26N6S. The van der Waals surface area contributed by atoms with Crippen molar-refractivity contribution in [3.63, 3.8) is 0 Å². The zero-order valence-corrected chi connectivity index (χ0v) is 17.4. The Hall–Kier alpha value is -2.80. The molecule has 3 heterocycles. The number of benzene rings is 1. The van der Waals surface area contributed by atoms with Crippen molar-refractivity contribution in [2.45, 2.75) is 17.9 Å². The van der Waals surface area contributed by atoms with Gasteiger partial charge >= 0.3 is 0 Å². The number of guanidine groups is 1. The van der Waals surface area contributed by atoms with Crippen molar-refractivity contribution in [2.75, 3.05) is 25.9 Å². The lowest BCUT2D eigenvalue weighted by molar-refractivity contribution is 0.474. The summed E-state index contributed by atoms with van der Waals surface area (Å²) in [4.78, 5) is 12.6. The fourth-order valence-corrected chi connectivity index (χ4v) is 4.56. The molecule has 0 amide bonds. The molecular weight excluding hydrogens is 380 g/mol. The zero-order valence-electron chi connectivity index (χ0n) is 16.6. The molecule has 1 unspecified atom stereocenters. The Kier molecular flexibility index (Phi) is 6.46. The first-order valence-corrected chi connectivity index (χ1v) is 10.9. The van der Waals surface area contributed by atoms with Gasteiger partial charge in [-0.25, -0.2) is 9.67 Å². The SMILES string of the molecule is CN=C(NCc1ccnc(-n2cccn2)c1)N1CCC(CSc2ccccc2)C1. The van der Waals surface area contributed by atoms with Gasteiger partial charge in [-0.2, -0.15) is 5.10 Å². The maximum atomic E-state index is 4.50. The molecule has 0 saturated carbocycles. The molecule has 1 aliphatic rings. The lowest BCUT2D eigenvalue weighted by Crippen LogP contribution is -2.39. The summed E-state index contributed by atoms with van der Waals surface area (Å²) in [5, 5.41) is 7.76. The standard InChI is InChI=1S/C22H26N6S/c1-23-22(25-15-18-8-11-24-21(14-18)28-12-5-10-26-28)27-13-9-19(16-27)17-29-20-6-3-2-4-7-20/h2-8,10-12,14,19H,9,13,15-17H2,1H3,(H,23,25). The van der Waals surface area contributed by atoms with Crippen molar-refractivity contribution < 1.29 is 0 Å². The van der Waals surface area contributed by atoms with Crippen molar-refractivity contribution >= 4 is 17.7 Å². The number of nitrogens with one attached hydrogen (secondary N) is 1. The van der Waals surface area contributed by atoms with Crippen LogP contribution in [0.1, 0.15) is 12.0 Å². The van der Waals surface area contributed by atoms with Gasteiger partial charge in [-0.05, 0) is 48.2 Å². The molecule has 0 radical (unpaired) electrons. The molecule has 1 fully saturated rings. The second-order valence-corrected chi connectivity index (χ2v) is 8.19. The van der Waals surface area contributed by atoms with E-state index in [-0.39, 0.29) is 0 Å². The highest BCUT2D eigenvalue weighted by molar-refractivity contribution is 7.99. The normalized spacial score (nSPS) is 16.9. The van der Waals surface area contributed by atoms with E-state index in [0.29, 0.717) is 12.5 Å². The quantitative estimate of drug-likeness (QED) is 0.386. The number of nitrogens with zero attached hydrogens (tertiary/aromatic N) is 5. The summed E-state index contributed by atoms with van der Waals surface area (Å²) in [5.74, 6) is 3.62. The predicted molar refractivity (Wildman–Crippen MR) is 118 cm³/mol. The van der Waals surface area contributed by atoms with E-state index in [9.17, 15) is 0 Å². The van der Waals surface area contributed by atoms with Gasteiger partial charge in [-0.3, -0.25) is 4.99 Å². The Labute approximate surface area is 176 Å². The number of thioether (sulfide) groups is 1. The van der Waals surface area contributed by atoms with Gasteiger partial charge in [-0.15, -0.1) is 11.8 Å². The monoisotopic (exact) mass is 406 g/mol. The minimum Gasteiger partial charge on any atom is -0.352 e. The molecule has 0 spiro atoms. The first-order valence-electron chi connectivity index (χ1n) is 9.90. The lowest BCUT2D eigenvalue weighted by Gasteiger charge is -2.22. The minimum absolute atomic E-state index is 0.686. The van der Waals surface area contributed by atoms with Crippen LogP contribution in [0.2, 0.25) is 0 Å². The van der Waals surface area contributed by atoms with E-state index < -0.39 is 0 Å². The van der Waals surface area contributed by atoms with E-state index in [1.54, 1.807) is 10.9 Å². The third-order valence-electron chi connectivity index (χ3n) is 5.03. The maximum absolute atomic E-state index is 4.50. The van der Waals surface area contributed by atoms with Gasteiger partial charge in [0.05, 0.1) is 0 Å². The molecule has 3 aromatic rings. The Balaban J connectivity index is 1.29. The molecule has 1 aliphatic heterocycles. The van der Waals surface area contributed by atoms with E-state index in [2.05, 4.69) is 61.7 Å². The Morgan fingerprint density at radius 3 is 2.90 bits per heavy atom. The van der Waals surface area contributed by atoms with Crippen molar-refractivity contribution in [1.29, 1.82) is 0 Å². The third-order valence-corrected chi connectivity index (χ3v) is 6.27. The topological polar surface area (TPSA) is 58.3 Å². The van der Waals surface area contributed by atoms with Crippen LogP contribution in [0.15, 0.2) is 77.0 Å². The molecule has 2 aromatic heterocycles. The van der Waals surface area contributed by atoms with E-state index in [4.69, 9.17) is 0 Å². The van der Waals surface area contributed by atoms with E-state index in [1.807, 2.05) is 43.3 Å². The Bertz CT molecular complexity index is 925. The van der Waals surface area contributed by atoms with Gasteiger partial charge in [-0.1, -0.05) is 18.2 Å².